The van der Waals surface area contributed by atoms with Gasteiger partial charge in [-0.25, -0.2) is 4.79 Å². The maximum atomic E-state index is 11.6. The zero-order valence-corrected chi connectivity index (χ0v) is 9.93. The molecule has 0 spiro atoms. The maximum Gasteiger partial charge on any atom is 0.334 e. The Balaban J connectivity index is 2.64. The predicted octanol–water partition coefficient (Wildman–Crippen LogP) is 1.31. The molecule has 0 saturated heterocycles. The second-order valence-electron chi connectivity index (χ2n) is 4.54. The van der Waals surface area contributed by atoms with Crippen LogP contribution in [0.1, 0.15) is 23.1 Å². The van der Waals surface area contributed by atoms with Crippen LogP contribution in [0.5, 0.6) is 0 Å². The highest BCUT2D eigenvalue weighted by atomic mass is 16.4. The molecule has 1 amide bonds. The summed E-state index contributed by atoms with van der Waals surface area (Å²) in [5.74, 6) is -0.962. The average Bonchev–Trinajstić information content (AvgIpc) is 2.67. The van der Waals surface area contributed by atoms with Gasteiger partial charge in [-0.05, 0) is 30.9 Å². The summed E-state index contributed by atoms with van der Waals surface area (Å²) in [6.45, 7) is 1.92. The van der Waals surface area contributed by atoms with Crippen LogP contribution in [0.3, 0.4) is 0 Å². The molecule has 90 valence electrons. The first-order valence-electron chi connectivity index (χ1n) is 5.54. The molecule has 0 aromatic heterocycles. The number of rotatable bonds is 3. The summed E-state index contributed by atoms with van der Waals surface area (Å²) >= 11 is 0. The average molecular weight is 233 g/mol. The molecule has 17 heavy (non-hydrogen) atoms. The fraction of sp³-hybridized carbons (Fsp3) is 0.385. The van der Waals surface area contributed by atoms with Gasteiger partial charge < -0.3 is 10.0 Å². The fourth-order valence-electron chi connectivity index (χ4n) is 2.57. The molecule has 1 aromatic carbocycles. The first kappa shape index (κ1) is 11.6. The van der Waals surface area contributed by atoms with E-state index in [1.54, 1.807) is 0 Å². The van der Waals surface area contributed by atoms with Gasteiger partial charge in [-0.3, -0.25) is 4.79 Å². The predicted molar refractivity (Wildman–Crippen MR) is 62.6 cm³/mol. The Morgan fingerprint density at radius 3 is 2.82 bits per heavy atom. The van der Waals surface area contributed by atoms with E-state index in [4.69, 9.17) is 0 Å². The zero-order valence-electron chi connectivity index (χ0n) is 9.93. The normalized spacial score (nSPS) is 22.0. The standard InChI is InChI=1S/C13H15NO3/c1-9-3-4-10-5-6-13(12(16)17,11(10)7-9)14(2)8-15/h3-4,7-8H,5-6H2,1-2H3,(H,16,17). The fourth-order valence-corrected chi connectivity index (χ4v) is 2.57. The third-order valence-electron chi connectivity index (χ3n) is 3.58. The van der Waals surface area contributed by atoms with E-state index in [2.05, 4.69) is 0 Å². The largest absolute Gasteiger partial charge is 0.479 e. The summed E-state index contributed by atoms with van der Waals surface area (Å²) < 4.78 is 0. The molecule has 1 atom stereocenters. The molecular formula is C13H15NO3. The molecule has 4 heteroatoms. The SMILES string of the molecule is Cc1ccc2c(c1)C(C(=O)O)(N(C)C=O)CC2. The van der Waals surface area contributed by atoms with Gasteiger partial charge >= 0.3 is 5.97 Å². The Labute approximate surface area is 99.9 Å². The summed E-state index contributed by atoms with van der Waals surface area (Å²) in [5, 5.41) is 9.50. The van der Waals surface area contributed by atoms with Gasteiger partial charge in [-0.1, -0.05) is 23.8 Å². The van der Waals surface area contributed by atoms with Crippen molar-refractivity contribution in [1.82, 2.24) is 4.90 Å². The number of aliphatic carboxylic acids is 1. The lowest BCUT2D eigenvalue weighted by Crippen LogP contribution is -2.48. The summed E-state index contributed by atoms with van der Waals surface area (Å²) in [5.41, 5.74) is 1.59. The van der Waals surface area contributed by atoms with Crippen LogP contribution in [0, 0.1) is 6.92 Å². The molecular weight excluding hydrogens is 218 g/mol. The van der Waals surface area contributed by atoms with Crippen molar-refractivity contribution >= 4 is 12.4 Å². The van der Waals surface area contributed by atoms with Gasteiger partial charge in [0.2, 0.25) is 6.41 Å². The summed E-state index contributed by atoms with van der Waals surface area (Å²) in [7, 11) is 1.53. The number of carbonyl (C=O) groups excluding carboxylic acids is 1. The van der Waals surface area contributed by atoms with Crippen molar-refractivity contribution in [3.8, 4) is 0 Å². The molecule has 0 fully saturated rings. The van der Waals surface area contributed by atoms with E-state index in [1.165, 1.54) is 11.9 Å². The van der Waals surface area contributed by atoms with Crippen molar-refractivity contribution in [3.05, 3.63) is 34.9 Å². The summed E-state index contributed by atoms with van der Waals surface area (Å²) in [4.78, 5) is 23.8. The second kappa shape index (κ2) is 3.87. The number of aryl methyl sites for hydroxylation is 2. The molecule has 1 unspecified atom stereocenters. The molecule has 1 aromatic rings. The lowest BCUT2D eigenvalue weighted by Gasteiger charge is -2.33. The molecule has 4 nitrogen and oxygen atoms in total. The van der Waals surface area contributed by atoms with E-state index in [0.29, 0.717) is 19.3 Å². The summed E-state index contributed by atoms with van der Waals surface area (Å²) in [6, 6.07) is 5.79. The lowest BCUT2D eigenvalue weighted by molar-refractivity contribution is -0.154. The van der Waals surface area contributed by atoms with E-state index in [0.717, 1.165) is 16.7 Å². The Hall–Kier alpha value is -1.84. The number of carboxylic acids is 1. The van der Waals surface area contributed by atoms with Gasteiger partial charge in [0.15, 0.2) is 5.54 Å². The number of carbonyl (C=O) groups is 2. The van der Waals surface area contributed by atoms with Crippen LogP contribution in [0.25, 0.3) is 0 Å². The Bertz CT molecular complexity index is 484. The van der Waals surface area contributed by atoms with Crippen LogP contribution in [-0.4, -0.2) is 29.4 Å². The smallest absolute Gasteiger partial charge is 0.334 e. The Morgan fingerprint density at radius 1 is 1.53 bits per heavy atom. The van der Waals surface area contributed by atoms with E-state index in [1.807, 2.05) is 25.1 Å². The minimum absolute atomic E-state index is 0.441. The van der Waals surface area contributed by atoms with Crippen molar-refractivity contribution in [1.29, 1.82) is 0 Å². The van der Waals surface area contributed by atoms with E-state index in [9.17, 15) is 14.7 Å². The van der Waals surface area contributed by atoms with Gasteiger partial charge in [0, 0.05) is 7.05 Å². The van der Waals surface area contributed by atoms with Crippen LogP contribution in [-0.2, 0) is 21.5 Å². The molecule has 0 radical (unpaired) electrons. The van der Waals surface area contributed by atoms with Gasteiger partial charge in [-0.2, -0.15) is 0 Å². The van der Waals surface area contributed by atoms with Gasteiger partial charge in [-0.15, -0.1) is 0 Å². The molecule has 2 rings (SSSR count). The summed E-state index contributed by atoms with van der Waals surface area (Å²) in [6.07, 6.45) is 1.72. The van der Waals surface area contributed by atoms with Crippen LogP contribution >= 0.6 is 0 Å². The number of nitrogens with zero attached hydrogens (tertiary/aromatic N) is 1. The van der Waals surface area contributed by atoms with Crippen LogP contribution < -0.4 is 0 Å². The highest BCUT2D eigenvalue weighted by Gasteiger charge is 2.48. The van der Waals surface area contributed by atoms with Gasteiger partial charge in [0.25, 0.3) is 0 Å². The number of hydrogen-bond donors (Lipinski definition) is 1. The lowest BCUT2D eigenvalue weighted by atomic mass is 9.89. The number of amides is 1. The third kappa shape index (κ3) is 1.52. The highest BCUT2D eigenvalue weighted by molar-refractivity contribution is 5.85. The van der Waals surface area contributed by atoms with E-state index < -0.39 is 11.5 Å². The Kier molecular flexibility index (Phi) is 2.65. The minimum Gasteiger partial charge on any atom is -0.479 e. The highest BCUT2D eigenvalue weighted by Crippen LogP contribution is 2.41. The molecule has 0 bridgehead atoms. The monoisotopic (exact) mass is 233 g/mol. The van der Waals surface area contributed by atoms with Gasteiger partial charge in [0.1, 0.15) is 0 Å². The first-order chi connectivity index (χ1) is 8.02. The van der Waals surface area contributed by atoms with E-state index >= 15 is 0 Å². The molecule has 0 aliphatic heterocycles. The molecule has 1 N–H and O–H groups in total. The third-order valence-corrected chi connectivity index (χ3v) is 3.58. The molecule has 1 aliphatic carbocycles. The van der Waals surface area contributed by atoms with Crippen LogP contribution in [0.4, 0.5) is 0 Å². The van der Waals surface area contributed by atoms with Crippen molar-refractivity contribution in [2.75, 3.05) is 7.05 Å². The minimum atomic E-state index is -1.19. The number of hydrogen-bond acceptors (Lipinski definition) is 2. The quantitative estimate of drug-likeness (QED) is 0.801. The van der Waals surface area contributed by atoms with Crippen LogP contribution in [0.15, 0.2) is 18.2 Å². The van der Waals surface area contributed by atoms with Crippen molar-refractivity contribution in [2.24, 2.45) is 0 Å². The zero-order chi connectivity index (χ0) is 12.6. The maximum absolute atomic E-state index is 11.6. The van der Waals surface area contributed by atoms with Crippen molar-refractivity contribution in [2.45, 2.75) is 25.3 Å². The van der Waals surface area contributed by atoms with Crippen LogP contribution in [0.2, 0.25) is 0 Å². The number of benzene rings is 1. The number of fused-ring (bicyclic) bond motifs is 1. The van der Waals surface area contributed by atoms with Crippen molar-refractivity contribution in [3.63, 3.8) is 0 Å². The topological polar surface area (TPSA) is 57.6 Å². The number of carboxylic acid groups (broad SMARTS) is 1. The molecule has 0 heterocycles. The molecule has 0 saturated carbocycles. The first-order valence-corrected chi connectivity index (χ1v) is 5.54. The second-order valence-corrected chi connectivity index (χ2v) is 4.54. The molecule has 1 aliphatic rings. The number of likely N-dealkylation sites (N-methyl/N-ethyl adjacent to an activating group) is 1. The van der Waals surface area contributed by atoms with Crippen molar-refractivity contribution < 1.29 is 14.7 Å². The van der Waals surface area contributed by atoms with E-state index in [-0.39, 0.29) is 0 Å². The van der Waals surface area contributed by atoms with Gasteiger partial charge in [0.05, 0.1) is 0 Å². The Morgan fingerprint density at radius 2 is 2.24 bits per heavy atom.